The smallest absolute Gasteiger partial charge is 0.315 e. The molecule has 2 amide bonds. The summed E-state index contributed by atoms with van der Waals surface area (Å²) in [7, 11) is 1.73. The molecule has 0 spiro atoms. The van der Waals surface area contributed by atoms with Gasteiger partial charge in [-0.25, -0.2) is 9.78 Å². The number of carbonyl (C=O) groups excluding carboxylic acids is 1. The minimum Gasteiger partial charge on any atom is -0.481 e. The summed E-state index contributed by atoms with van der Waals surface area (Å²) in [5, 5.41) is 17.2. The van der Waals surface area contributed by atoms with Gasteiger partial charge < -0.3 is 15.7 Å². The van der Waals surface area contributed by atoms with Gasteiger partial charge in [-0.05, 0) is 0 Å². The van der Waals surface area contributed by atoms with Crippen LogP contribution in [0.5, 0.6) is 0 Å². The van der Waals surface area contributed by atoms with E-state index in [1.54, 1.807) is 7.05 Å². The molecule has 0 saturated heterocycles. The molecule has 0 aromatic carbocycles. The highest BCUT2D eigenvalue weighted by molar-refractivity contribution is 5.74. The molecule has 1 aromatic rings. The van der Waals surface area contributed by atoms with Crippen LogP contribution in [0, 0.1) is 0 Å². The van der Waals surface area contributed by atoms with E-state index in [1.165, 1.54) is 11.0 Å². The predicted molar refractivity (Wildman–Crippen MR) is 53.5 cm³/mol. The van der Waals surface area contributed by atoms with Crippen molar-refractivity contribution in [1.29, 1.82) is 0 Å². The SMILES string of the molecule is Cn1cnc(CNC(=O)NCCC(=O)O)n1. The predicted octanol–water partition coefficient (Wildman–Crippen LogP) is -0.911. The Kier molecular flexibility index (Phi) is 4.25. The second-order valence-electron chi connectivity index (χ2n) is 3.09. The molecule has 8 heteroatoms. The molecule has 0 aliphatic carbocycles. The first-order chi connectivity index (χ1) is 7.58. The maximum atomic E-state index is 11.1. The molecular formula is C8H13N5O3. The van der Waals surface area contributed by atoms with E-state index in [0.29, 0.717) is 5.82 Å². The molecule has 8 nitrogen and oxygen atoms in total. The summed E-state index contributed by atoms with van der Waals surface area (Å²) in [4.78, 5) is 25.2. The van der Waals surface area contributed by atoms with Crippen LogP contribution in [0.25, 0.3) is 0 Å². The Labute approximate surface area is 91.7 Å². The Morgan fingerprint density at radius 2 is 2.25 bits per heavy atom. The van der Waals surface area contributed by atoms with Crippen LogP contribution >= 0.6 is 0 Å². The average molecular weight is 227 g/mol. The minimum atomic E-state index is -0.952. The quantitative estimate of drug-likeness (QED) is 0.603. The number of urea groups is 1. The molecule has 0 radical (unpaired) electrons. The highest BCUT2D eigenvalue weighted by Crippen LogP contribution is 1.86. The third-order valence-electron chi connectivity index (χ3n) is 1.68. The van der Waals surface area contributed by atoms with Crippen LogP contribution in [0.3, 0.4) is 0 Å². The zero-order valence-corrected chi connectivity index (χ0v) is 8.80. The Bertz CT molecular complexity index is 376. The Morgan fingerprint density at radius 3 is 2.81 bits per heavy atom. The number of hydrogen-bond donors (Lipinski definition) is 3. The first-order valence-electron chi connectivity index (χ1n) is 4.66. The second-order valence-corrected chi connectivity index (χ2v) is 3.09. The largest absolute Gasteiger partial charge is 0.481 e. The molecule has 0 unspecified atom stereocenters. The number of carboxylic acid groups (broad SMARTS) is 1. The molecule has 88 valence electrons. The molecule has 0 aliphatic heterocycles. The summed E-state index contributed by atoms with van der Waals surface area (Å²) >= 11 is 0. The fraction of sp³-hybridized carbons (Fsp3) is 0.500. The zero-order valence-electron chi connectivity index (χ0n) is 8.80. The van der Waals surface area contributed by atoms with Crippen LogP contribution in [-0.4, -0.2) is 38.4 Å². The lowest BCUT2D eigenvalue weighted by atomic mass is 10.4. The molecular weight excluding hydrogens is 214 g/mol. The molecule has 0 bridgehead atoms. The van der Waals surface area contributed by atoms with Crippen molar-refractivity contribution in [2.75, 3.05) is 6.54 Å². The van der Waals surface area contributed by atoms with Crippen molar-refractivity contribution in [3.63, 3.8) is 0 Å². The first kappa shape index (κ1) is 12.0. The Morgan fingerprint density at radius 1 is 1.50 bits per heavy atom. The molecule has 1 rings (SSSR count). The van der Waals surface area contributed by atoms with Gasteiger partial charge in [0.2, 0.25) is 0 Å². The van der Waals surface area contributed by atoms with E-state index in [9.17, 15) is 9.59 Å². The van der Waals surface area contributed by atoms with Gasteiger partial charge in [-0.15, -0.1) is 0 Å². The third-order valence-corrected chi connectivity index (χ3v) is 1.68. The zero-order chi connectivity index (χ0) is 12.0. The van der Waals surface area contributed by atoms with E-state index >= 15 is 0 Å². The van der Waals surface area contributed by atoms with E-state index in [4.69, 9.17) is 5.11 Å². The van der Waals surface area contributed by atoms with Gasteiger partial charge in [-0.3, -0.25) is 9.48 Å². The van der Waals surface area contributed by atoms with E-state index in [-0.39, 0.29) is 19.5 Å². The van der Waals surface area contributed by atoms with Crippen LogP contribution in [0.4, 0.5) is 4.79 Å². The standard InChI is InChI=1S/C8H13N5O3/c1-13-5-11-6(12-13)4-10-8(16)9-3-2-7(14)15/h5H,2-4H2,1H3,(H,14,15)(H2,9,10,16). The van der Waals surface area contributed by atoms with Crippen LogP contribution in [0.15, 0.2) is 6.33 Å². The van der Waals surface area contributed by atoms with E-state index in [0.717, 1.165) is 0 Å². The van der Waals surface area contributed by atoms with Crippen molar-refractivity contribution in [3.05, 3.63) is 12.2 Å². The highest BCUT2D eigenvalue weighted by atomic mass is 16.4. The molecule has 1 heterocycles. The number of carboxylic acids is 1. The van der Waals surface area contributed by atoms with Gasteiger partial charge >= 0.3 is 12.0 Å². The molecule has 3 N–H and O–H groups in total. The average Bonchev–Trinajstić information content (AvgIpc) is 2.61. The molecule has 0 saturated carbocycles. The van der Waals surface area contributed by atoms with Crippen LogP contribution in [0.1, 0.15) is 12.2 Å². The number of aliphatic carboxylic acids is 1. The van der Waals surface area contributed by atoms with Crippen molar-refractivity contribution in [2.24, 2.45) is 7.05 Å². The monoisotopic (exact) mass is 227 g/mol. The van der Waals surface area contributed by atoms with Gasteiger partial charge in [0.05, 0.1) is 13.0 Å². The fourth-order valence-corrected chi connectivity index (χ4v) is 0.970. The van der Waals surface area contributed by atoms with Gasteiger partial charge in [0.15, 0.2) is 5.82 Å². The normalized spacial score (nSPS) is 9.81. The molecule has 0 fully saturated rings. The molecule has 0 atom stereocenters. The van der Waals surface area contributed by atoms with Crippen molar-refractivity contribution < 1.29 is 14.7 Å². The number of aromatic nitrogens is 3. The summed E-state index contributed by atoms with van der Waals surface area (Å²) < 4.78 is 1.53. The number of hydrogen-bond acceptors (Lipinski definition) is 4. The topological polar surface area (TPSA) is 109 Å². The van der Waals surface area contributed by atoms with Gasteiger partial charge in [0, 0.05) is 13.6 Å². The molecule has 1 aromatic heterocycles. The van der Waals surface area contributed by atoms with E-state index < -0.39 is 12.0 Å². The lowest BCUT2D eigenvalue weighted by molar-refractivity contribution is -0.136. The minimum absolute atomic E-state index is 0.0941. The van der Waals surface area contributed by atoms with Crippen molar-refractivity contribution in [2.45, 2.75) is 13.0 Å². The van der Waals surface area contributed by atoms with Gasteiger partial charge in [0.1, 0.15) is 6.33 Å². The third kappa shape index (κ3) is 4.40. The van der Waals surface area contributed by atoms with Gasteiger partial charge in [-0.2, -0.15) is 5.10 Å². The summed E-state index contributed by atoms with van der Waals surface area (Å²) in [6, 6.07) is -0.436. The number of carbonyl (C=O) groups is 2. The second kappa shape index (κ2) is 5.69. The van der Waals surface area contributed by atoms with Crippen LogP contribution < -0.4 is 10.6 Å². The van der Waals surface area contributed by atoms with Crippen molar-refractivity contribution in [1.82, 2.24) is 25.4 Å². The van der Waals surface area contributed by atoms with Crippen LogP contribution in [-0.2, 0) is 18.4 Å². The Balaban J connectivity index is 2.17. The summed E-state index contributed by atoms with van der Waals surface area (Å²) in [5.41, 5.74) is 0. The lowest BCUT2D eigenvalue weighted by Gasteiger charge is -2.03. The van der Waals surface area contributed by atoms with Crippen molar-refractivity contribution in [3.8, 4) is 0 Å². The number of nitrogens with zero attached hydrogens (tertiary/aromatic N) is 3. The number of nitrogens with one attached hydrogen (secondary N) is 2. The van der Waals surface area contributed by atoms with Crippen molar-refractivity contribution >= 4 is 12.0 Å². The summed E-state index contributed by atoms with van der Waals surface area (Å²) in [6.45, 7) is 0.302. The highest BCUT2D eigenvalue weighted by Gasteiger charge is 2.03. The number of aryl methyl sites for hydroxylation is 1. The lowest BCUT2D eigenvalue weighted by Crippen LogP contribution is -2.36. The van der Waals surface area contributed by atoms with Gasteiger partial charge in [-0.1, -0.05) is 0 Å². The Hall–Kier alpha value is -2.12. The van der Waals surface area contributed by atoms with Crippen LogP contribution in [0.2, 0.25) is 0 Å². The van der Waals surface area contributed by atoms with E-state index in [1.807, 2.05) is 0 Å². The maximum absolute atomic E-state index is 11.1. The number of rotatable bonds is 5. The maximum Gasteiger partial charge on any atom is 0.315 e. The molecule has 16 heavy (non-hydrogen) atoms. The fourth-order valence-electron chi connectivity index (χ4n) is 0.970. The van der Waals surface area contributed by atoms with Gasteiger partial charge in [0.25, 0.3) is 0 Å². The summed E-state index contributed by atoms with van der Waals surface area (Å²) in [5.74, 6) is -0.456. The number of amides is 2. The first-order valence-corrected chi connectivity index (χ1v) is 4.66. The van der Waals surface area contributed by atoms with E-state index in [2.05, 4.69) is 20.7 Å². The molecule has 0 aliphatic rings. The summed E-state index contributed by atoms with van der Waals surface area (Å²) in [6.07, 6.45) is 1.43.